The Labute approximate surface area is 127 Å². The molecule has 0 saturated heterocycles. The Morgan fingerprint density at radius 1 is 1.18 bits per heavy atom. The van der Waals surface area contributed by atoms with Gasteiger partial charge in [-0.25, -0.2) is 5.43 Å². The molecular weight excluding hydrogens is 284 g/mol. The molecule has 2 rings (SSSR count). The number of hydrazone groups is 1. The van der Waals surface area contributed by atoms with E-state index in [1.807, 2.05) is 0 Å². The van der Waals surface area contributed by atoms with E-state index in [1.165, 1.54) is 18.3 Å². The van der Waals surface area contributed by atoms with Crippen LogP contribution >= 0.6 is 0 Å². The first-order valence-corrected chi connectivity index (χ1v) is 6.55. The molecule has 0 saturated carbocycles. The number of amides is 1. The van der Waals surface area contributed by atoms with Crippen molar-refractivity contribution >= 4 is 12.1 Å². The summed E-state index contributed by atoms with van der Waals surface area (Å²) in [5.74, 6) is 0.0212. The van der Waals surface area contributed by atoms with Gasteiger partial charge in [-0.3, -0.25) is 4.79 Å². The van der Waals surface area contributed by atoms with Gasteiger partial charge in [-0.15, -0.1) is 0 Å². The van der Waals surface area contributed by atoms with Crippen LogP contribution in [-0.4, -0.2) is 29.4 Å². The molecule has 0 bridgehead atoms. The lowest BCUT2D eigenvalue weighted by Crippen LogP contribution is -2.19. The van der Waals surface area contributed by atoms with Gasteiger partial charge in [-0.05, 0) is 41.5 Å². The largest absolute Gasteiger partial charge is 0.504 e. The molecule has 6 heteroatoms. The third kappa shape index (κ3) is 4.24. The smallest absolute Gasteiger partial charge is 0.244 e. The van der Waals surface area contributed by atoms with Crippen molar-refractivity contribution in [1.82, 2.24) is 5.43 Å². The molecule has 0 atom stereocenters. The topological polar surface area (TPSA) is 91.2 Å². The summed E-state index contributed by atoms with van der Waals surface area (Å²) in [6.45, 7) is 0. The number of benzene rings is 2. The van der Waals surface area contributed by atoms with Gasteiger partial charge in [0.05, 0.1) is 19.7 Å². The zero-order chi connectivity index (χ0) is 15.9. The highest BCUT2D eigenvalue weighted by Gasteiger charge is 2.03. The molecule has 22 heavy (non-hydrogen) atoms. The summed E-state index contributed by atoms with van der Waals surface area (Å²) < 4.78 is 5.04. The van der Waals surface area contributed by atoms with E-state index >= 15 is 0 Å². The predicted molar refractivity (Wildman–Crippen MR) is 82.2 cm³/mol. The summed E-state index contributed by atoms with van der Waals surface area (Å²) in [7, 11) is 1.58. The van der Waals surface area contributed by atoms with E-state index in [-0.39, 0.29) is 23.8 Å². The predicted octanol–water partition coefficient (Wildman–Crippen LogP) is 1.80. The van der Waals surface area contributed by atoms with Crippen LogP contribution in [0, 0.1) is 0 Å². The molecule has 1 amide bonds. The highest BCUT2D eigenvalue weighted by molar-refractivity contribution is 5.83. The van der Waals surface area contributed by atoms with E-state index < -0.39 is 0 Å². The van der Waals surface area contributed by atoms with E-state index in [2.05, 4.69) is 10.5 Å². The van der Waals surface area contributed by atoms with Crippen molar-refractivity contribution < 1.29 is 19.7 Å². The Kier molecular flexibility index (Phi) is 4.98. The molecule has 2 aromatic carbocycles. The van der Waals surface area contributed by atoms with Gasteiger partial charge in [0.15, 0.2) is 11.5 Å². The number of aromatic hydroxyl groups is 2. The number of carbonyl (C=O) groups excluding carboxylic acids is 1. The molecule has 0 aliphatic heterocycles. The van der Waals surface area contributed by atoms with Crippen LogP contribution in [0.3, 0.4) is 0 Å². The van der Waals surface area contributed by atoms with Gasteiger partial charge in [0.25, 0.3) is 0 Å². The van der Waals surface area contributed by atoms with E-state index in [4.69, 9.17) is 4.74 Å². The van der Waals surface area contributed by atoms with Crippen molar-refractivity contribution in [3.05, 3.63) is 53.6 Å². The average Bonchev–Trinajstić information content (AvgIpc) is 2.51. The highest BCUT2D eigenvalue weighted by Crippen LogP contribution is 2.23. The lowest BCUT2D eigenvalue weighted by atomic mass is 10.1. The Morgan fingerprint density at radius 2 is 1.91 bits per heavy atom. The number of carbonyl (C=O) groups is 1. The maximum atomic E-state index is 11.7. The number of nitrogens with zero attached hydrogens (tertiary/aromatic N) is 1. The Hall–Kier alpha value is -3.02. The molecule has 2 aromatic rings. The lowest BCUT2D eigenvalue weighted by Gasteiger charge is -2.03. The second-order valence-corrected chi connectivity index (χ2v) is 4.57. The van der Waals surface area contributed by atoms with Gasteiger partial charge >= 0.3 is 0 Å². The van der Waals surface area contributed by atoms with Crippen LogP contribution in [-0.2, 0) is 11.2 Å². The monoisotopic (exact) mass is 300 g/mol. The van der Waals surface area contributed by atoms with Crippen LogP contribution in [0.25, 0.3) is 0 Å². The van der Waals surface area contributed by atoms with Gasteiger partial charge in [-0.2, -0.15) is 5.10 Å². The molecule has 6 nitrogen and oxygen atoms in total. The Balaban J connectivity index is 1.88. The van der Waals surface area contributed by atoms with Gasteiger partial charge in [0.2, 0.25) is 5.91 Å². The summed E-state index contributed by atoms with van der Waals surface area (Å²) in [6.07, 6.45) is 1.58. The van der Waals surface area contributed by atoms with Gasteiger partial charge in [0, 0.05) is 0 Å². The number of methoxy groups -OCH3 is 1. The third-order valence-corrected chi connectivity index (χ3v) is 2.93. The van der Waals surface area contributed by atoms with Gasteiger partial charge < -0.3 is 14.9 Å². The summed E-state index contributed by atoms with van der Waals surface area (Å²) in [5, 5.41) is 22.3. The van der Waals surface area contributed by atoms with Gasteiger partial charge in [0.1, 0.15) is 5.75 Å². The summed E-state index contributed by atoms with van der Waals surface area (Å²) in [5.41, 5.74) is 3.80. The van der Waals surface area contributed by atoms with Crippen LogP contribution < -0.4 is 10.2 Å². The Morgan fingerprint density at radius 3 is 2.55 bits per heavy atom. The van der Waals surface area contributed by atoms with Crippen molar-refractivity contribution in [3.63, 3.8) is 0 Å². The zero-order valence-corrected chi connectivity index (χ0v) is 12.0. The minimum Gasteiger partial charge on any atom is -0.504 e. The van der Waals surface area contributed by atoms with Crippen molar-refractivity contribution in [2.24, 2.45) is 5.10 Å². The minimum atomic E-state index is -0.260. The molecule has 3 N–H and O–H groups in total. The molecule has 0 aliphatic rings. The van der Waals surface area contributed by atoms with E-state index in [9.17, 15) is 15.0 Å². The molecule has 0 spiro atoms. The van der Waals surface area contributed by atoms with Gasteiger partial charge in [-0.1, -0.05) is 12.1 Å². The van der Waals surface area contributed by atoms with E-state index in [0.717, 1.165) is 11.3 Å². The Bertz CT molecular complexity index is 681. The molecular formula is C16H16N2O4. The molecule has 0 aromatic heterocycles. The molecule has 0 radical (unpaired) electrons. The first kappa shape index (κ1) is 15.4. The number of hydrogen-bond donors (Lipinski definition) is 3. The maximum absolute atomic E-state index is 11.7. The first-order valence-electron chi connectivity index (χ1n) is 6.55. The number of rotatable bonds is 5. The summed E-state index contributed by atoms with van der Waals surface area (Å²) >= 11 is 0. The standard InChI is InChI=1S/C16H16N2O4/c1-22-13-5-2-11(3-6-13)9-16(21)18-17-10-12-4-7-14(19)15(20)8-12/h2-8,10,19-20H,9H2,1H3,(H,18,21). The number of nitrogens with one attached hydrogen (secondary N) is 1. The maximum Gasteiger partial charge on any atom is 0.244 e. The van der Waals surface area contributed by atoms with Crippen LogP contribution in [0.1, 0.15) is 11.1 Å². The normalized spacial score (nSPS) is 10.6. The third-order valence-electron chi connectivity index (χ3n) is 2.93. The van der Waals surface area contributed by atoms with Crippen LogP contribution in [0.4, 0.5) is 0 Å². The van der Waals surface area contributed by atoms with Crippen LogP contribution in [0.15, 0.2) is 47.6 Å². The zero-order valence-electron chi connectivity index (χ0n) is 12.0. The number of ether oxygens (including phenoxy) is 1. The molecule has 0 unspecified atom stereocenters. The summed E-state index contributed by atoms with van der Waals surface area (Å²) in [4.78, 5) is 11.7. The number of phenols is 2. The first-order chi connectivity index (χ1) is 10.6. The molecule has 0 fully saturated rings. The van der Waals surface area contributed by atoms with E-state index in [1.54, 1.807) is 37.4 Å². The quantitative estimate of drug-likeness (QED) is 0.446. The van der Waals surface area contributed by atoms with E-state index in [0.29, 0.717) is 5.56 Å². The van der Waals surface area contributed by atoms with Crippen LogP contribution in [0.2, 0.25) is 0 Å². The fourth-order valence-electron chi connectivity index (χ4n) is 1.77. The molecule has 0 aliphatic carbocycles. The molecule has 0 heterocycles. The lowest BCUT2D eigenvalue weighted by molar-refractivity contribution is -0.120. The van der Waals surface area contributed by atoms with Crippen molar-refractivity contribution in [3.8, 4) is 17.2 Å². The summed E-state index contributed by atoms with van der Waals surface area (Å²) in [6, 6.07) is 11.4. The van der Waals surface area contributed by atoms with Crippen LogP contribution in [0.5, 0.6) is 17.2 Å². The number of hydrogen-bond acceptors (Lipinski definition) is 5. The SMILES string of the molecule is COc1ccc(CC(=O)NN=Cc2ccc(O)c(O)c2)cc1. The second-order valence-electron chi connectivity index (χ2n) is 4.57. The highest BCUT2D eigenvalue weighted by atomic mass is 16.5. The average molecular weight is 300 g/mol. The minimum absolute atomic E-state index is 0.197. The number of phenolic OH excluding ortho intramolecular Hbond substituents is 2. The second kappa shape index (κ2) is 7.12. The van der Waals surface area contributed by atoms with Crippen molar-refractivity contribution in [2.75, 3.05) is 7.11 Å². The van der Waals surface area contributed by atoms with Crippen molar-refractivity contribution in [2.45, 2.75) is 6.42 Å². The fourth-order valence-corrected chi connectivity index (χ4v) is 1.77. The fraction of sp³-hybridized carbons (Fsp3) is 0.125. The molecule has 114 valence electrons. The van der Waals surface area contributed by atoms with Crippen molar-refractivity contribution in [1.29, 1.82) is 0 Å².